The molecule has 3 nitrogen and oxygen atoms in total. The molecule has 0 aromatic rings. The molecule has 0 spiro atoms. The van der Waals surface area contributed by atoms with Gasteiger partial charge in [0.1, 0.15) is 0 Å². The Balaban J connectivity index is 0.00000225. The van der Waals surface area contributed by atoms with E-state index in [1.54, 1.807) is 0 Å². The summed E-state index contributed by atoms with van der Waals surface area (Å²) in [4.78, 5) is 4.67. The first kappa shape index (κ1) is 16.5. The van der Waals surface area contributed by atoms with Crippen LogP contribution in [0.1, 0.15) is 26.7 Å². The number of likely N-dealkylation sites (N-methyl/N-ethyl adjacent to an activating group) is 1. The number of nitrogens with zero attached hydrogens (tertiary/aromatic N) is 2. The van der Waals surface area contributed by atoms with E-state index in [0.29, 0.717) is 18.0 Å². The van der Waals surface area contributed by atoms with Crippen LogP contribution in [-0.4, -0.2) is 55.7 Å². The van der Waals surface area contributed by atoms with Crippen molar-refractivity contribution in [1.29, 1.82) is 0 Å². The van der Waals surface area contributed by atoms with Crippen molar-refractivity contribution >= 4 is 0 Å². The maximum absolute atomic E-state index is 11.0. The van der Waals surface area contributed by atoms with Gasteiger partial charge in [0.2, 0.25) is 0 Å². The average Bonchev–Trinajstić information content (AvgIpc) is 2.59. The van der Waals surface area contributed by atoms with Crippen LogP contribution in [0.3, 0.4) is 0 Å². The quantitative estimate of drug-likeness (QED) is 0.476. The van der Waals surface area contributed by atoms with E-state index in [4.69, 9.17) is 0 Å². The fraction of sp³-hybridized carbons (Fsp3) is 1.00. The van der Waals surface area contributed by atoms with Crippen molar-refractivity contribution in [2.45, 2.75) is 38.8 Å². The summed E-state index contributed by atoms with van der Waals surface area (Å²) in [5.41, 5.74) is 0. The maximum Gasteiger partial charge on any atom is 1.00 e. The molecule has 0 radical (unpaired) electrons. The first-order valence-corrected chi connectivity index (χ1v) is 6.04. The topological polar surface area (TPSA) is 29.5 Å². The minimum Gasteiger partial charge on any atom is -0.853 e. The van der Waals surface area contributed by atoms with E-state index in [1.807, 2.05) is 0 Å². The van der Waals surface area contributed by atoms with Crippen LogP contribution in [0.4, 0.5) is 0 Å². The van der Waals surface area contributed by atoms with Crippen molar-refractivity contribution in [3.05, 3.63) is 0 Å². The van der Waals surface area contributed by atoms with E-state index in [0.717, 1.165) is 19.5 Å². The third kappa shape index (κ3) is 4.39. The molecule has 1 aliphatic rings. The fourth-order valence-corrected chi connectivity index (χ4v) is 2.53. The van der Waals surface area contributed by atoms with Gasteiger partial charge in [-0.25, -0.2) is 0 Å². The third-order valence-corrected chi connectivity index (χ3v) is 3.55. The van der Waals surface area contributed by atoms with Crippen molar-refractivity contribution < 1.29 is 24.0 Å². The zero-order valence-corrected chi connectivity index (χ0v) is 11.6. The number of rotatable bonds is 5. The molecule has 0 bridgehead atoms. The Morgan fingerprint density at radius 2 is 2.00 bits per heavy atom. The van der Waals surface area contributed by atoms with E-state index in [1.165, 1.54) is 6.42 Å². The molecule has 1 aliphatic heterocycles. The smallest absolute Gasteiger partial charge is 0.853 e. The van der Waals surface area contributed by atoms with Gasteiger partial charge in [-0.2, -0.15) is 0 Å². The van der Waals surface area contributed by atoms with Crippen molar-refractivity contribution in [2.24, 2.45) is 5.92 Å². The molecular formula is C12H25LiN2O. The van der Waals surface area contributed by atoms with Crippen molar-refractivity contribution in [3.8, 4) is 0 Å². The summed E-state index contributed by atoms with van der Waals surface area (Å²) in [5.74, 6) is 0.646. The molecule has 1 fully saturated rings. The Morgan fingerprint density at radius 1 is 1.38 bits per heavy atom. The second-order valence-corrected chi connectivity index (χ2v) is 5.23. The van der Waals surface area contributed by atoms with Gasteiger partial charge >= 0.3 is 18.9 Å². The van der Waals surface area contributed by atoms with Crippen LogP contribution in [0, 0.1) is 5.92 Å². The summed E-state index contributed by atoms with van der Waals surface area (Å²) in [5, 5.41) is 11.0. The summed E-state index contributed by atoms with van der Waals surface area (Å²) < 4.78 is 0. The van der Waals surface area contributed by atoms with Gasteiger partial charge < -0.3 is 14.9 Å². The number of likely N-dealkylation sites (tertiary alicyclic amines) is 1. The predicted octanol–water partition coefficient (Wildman–Crippen LogP) is -2.60. The van der Waals surface area contributed by atoms with E-state index in [2.05, 4.69) is 37.7 Å². The largest absolute Gasteiger partial charge is 1.00 e. The van der Waals surface area contributed by atoms with Crippen LogP contribution >= 0.6 is 0 Å². The van der Waals surface area contributed by atoms with Gasteiger partial charge in [-0.1, -0.05) is 13.8 Å². The molecule has 90 valence electrons. The number of hydrogen-bond donors (Lipinski definition) is 0. The molecule has 1 rings (SSSR count). The molecule has 0 unspecified atom stereocenters. The molecule has 2 atom stereocenters. The van der Waals surface area contributed by atoms with Gasteiger partial charge in [0.05, 0.1) is 0 Å². The second-order valence-electron chi connectivity index (χ2n) is 5.23. The summed E-state index contributed by atoms with van der Waals surface area (Å²) in [6, 6.07) is 0.864. The Kier molecular flexibility index (Phi) is 7.97. The number of hydrogen-bond acceptors (Lipinski definition) is 3. The van der Waals surface area contributed by atoms with E-state index < -0.39 is 0 Å². The van der Waals surface area contributed by atoms with E-state index in [9.17, 15) is 5.11 Å². The molecule has 4 heteroatoms. The van der Waals surface area contributed by atoms with E-state index >= 15 is 0 Å². The summed E-state index contributed by atoms with van der Waals surface area (Å²) in [7, 11) is 4.26. The van der Waals surface area contributed by atoms with Crippen molar-refractivity contribution in [2.75, 3.05) is 33.8 Å². The second kappa shape index (κ2) is 7.74. The third-order valence-electron chi connectivity index (χ3n) is 3.55. The maximum atomic E-state index is 11.0. The van der Waals surface area contributed by atoms with Gasteiger partial charge in [-0.15, -0.1) is 6.61 Å². The molecule has 0 aliphatic carbocycles. The van der Waals surface area contributed by atoms with Gasteiger partial charge in [-0.3, -0.25) is 0 Å². The average molecular weight is 220 g/mol. The summed E-state index contributed by atoms with van der Waals surface area (Å²) >= 11 is 0. The normalized spacial score (nSPS) is 23.8. The monoisotopic (exact) mass is 220 g/mol. The first-order chi connectivity index (χ1) is 7.06. The zero-order chi connectivity index (χ0) is 11.4. The van der Waals surface area contributed by atoms with E-state index in [-0.39, 0.29) is 25.5 Å². The summed E-state index contributed by atoms with van der Waals surface area (Å²) in [6.45, 7) is 6.75. The first-order valence-electron chi connectivity index (χ1n) is 6.04. The zero-order valence-electron chi connectivity index (χ0n) is 11.6. The Morgan fingerprint density at radius 3 is 2.44 bits per heavy atom. The van der Waals surface area contributed by atoms with Crippen LogP contribution in [0.2, 0.25) is 0 Å². The van der Waals surface area contributed by atoms with Gasteiger partial charge in [0.25, 0.3) is 0 Å². The molecule has 1 saturated heterocycles. The molecule has 0 amide bonds. The van der Waals surface area contributed by atoms with Crippen LogP contribution in [0.25, 0.3) is 0 Å². The van der Waals surface area contributed by atoms with Crippen LogP contribution < -0.4 is 24.0 Å². The molecule has 0 aromatic carbocycles. The van der Waals surface area contributed by atoms with Crippen LogP contribution in [0.15, 0.2) is 0 Å². The van der Waals surface area contributed by atoms with Gasteiger partial charge in [0, 0.05) is 12.6 Å². The van der Waals surface area contributed by atoms with Gasteiger partial charge in [0.15, 0.2) is 0 Å². The SMILES string of the molecule is CC(C)[C@@H](CN1CCC[C@H]1C[O-])N(C)C.[Li+]. The molecule has 16 heavy (non-hydrogen) atoms. The standard InChI is InChI=1S/C12H25N2O.Li/c1-10(2)12(13(3)4)8-14-7-5-6-11(14)9-15;/h10-12H,5-9H2,1-4H3;/q-1;+1/t11-,12+;/m0./s1. The minimum atomic E-state index is 0. The van der Waals surface area contributed by atoms with Crippen molar-refractivity contribution in [3.63, 3.8) is 0 Å². The molecular weight excluding hydrogens is 195 g/mol. The molecule has 0 N–H and O–H groups in total. The van der Waals surface area contributed by atoms with Crippen molar-refractivity contribution in [1.82, 2.24) is 9.80 Å². The molecule has 0 aromatic heterocycles. The van der Waals surface area contributed by atoms with Gasteiger partial charge in [-0.05, 0) is 45.4 Å². The predicted molar refractivity (Wildman–Crippen MR) is 61.8 cm³/mol. The summed E-state index contributed by atoms with van der Waals surface area (Å²) in [6.07, 6.45) is 2.30. The molecule has 0 saturated carbocycles. The Labute approximate surface area is 112 Å². The minimum absolute atomic E-state index is 0. The Hall–Kier alpha value is 0.477. The Bertz CT molecular complexity index is 180. The van der Waals surface area contributed by atoms with Crippen LogP contribution in [-0.2, 0) is 0 Å². The fourth-order valence-electron chi connectivity index (χ4n) is 2.53. The van der Waals surface area contributed by atoms with Crippen LogP contribution in [0.5, 0.6) is 0 Å². The molecule has 1 heterocycles.